The predicted molar refractivity (Wildman–Crippen MR) is 293 cm³/mol. The molecule has 0 saturated heterocycles. The van der Waals surface area contributed by atoms with E-state index in [2.05, 4.69) is 111 Å². The number of rotatable bonds is 50. The molecule has 9 nitrogen and oxygen atoms in total. The van der Waals surface area contributed by atoms with Gasteiger partial charge < -0.3 is 20.1 Å². The number of ether oxygens (including phenoxy) is 2. The first-order valence-corrected chi connectivity index (χ1v) is 28.9. The van der Waals surface area contributed by atoms with Crippen molar-refractivity contribution in [2.24, 2.45) is 5.73 Å². The van der Waals surface area contributed by atoms with Crippen LogP contribution in [0.4, 0.5) is 0 Å². The minimum absolute atomic E-state index is 0.0366. The molecule has 0 rings (SSSR count). The van der Waals surface area contributed by atoms with Crippen LogP contribution >= 0.6 is 7.82 Å². The van der Waals surface area contributed by atoms with Crippen LogP contribution in [0.3, 0.4) is 0 Å². The van der Waals surface area contributed by atoms with Crippen molar-refractivity contribution in [3.63, 3.8) is 0 Å². The van der Waals surface area contributed by atoms with Crippen LogP contribution in [0.25, 0.3) is 0 Å². The third kappa shape index (κ3) is 53.9. The van der Waals surface area contributed by atoms with E-state index in [0.717, 1.165) is 77.0 Å². The van der Waals surface area contributed by atoms with Gasteiger partial charge in [0.15, 0.2) is 6.10 Å². The van der Waals surface area contributed by atoms with Crippen molar-refractivity contribution >= 4 is 19.8 Å². The highest BCUT2D eigenvalue weighted by Gasteiger charge is 2.26. The summed E-state index contributed by atoms with van der Waals surface area (Å²) in [6, 6.07) is 0. The Morgan fingerprint density at radius 1 is 0.449 bits per heavy atom. The Labute approximate surface area is 422 Å². The minimum atomic E-state index is -4.41. The van der Waals surface area contributed by atoms with Gasteiger partial charge in [-0.15, -0.1) is 0 Å². The summed E-state index contributed by atoms with van der Waals surface area (Å²) in [6.07, 6.45) is 73.0. The van der Waals surface area contributed by atoms with Crippen molar-refractivity contribution in [1.82, 2.24) is 0 Å². The predicted octanol–water partition coefficient (Wildman–Crippen LogP) is 17.1. The van der Waals surface area contributed by atoms with E-state index in [1.807, 2.05) is 12.2 Å². The summed E-state index contributed by atoms with van der Waals surface area (Å²) >= 11 is 0. The number of allylic oxidation sites excluding steroid dienone is 18. The number of hydrogen-bond acceptors (Lipinski definition) is 8. The number of esters is 2. The molecule has 0 heterocycles. The maximum Gasteiger partial charge on any atom is 0.472 e. The zero-order valence-corrected chi connectivity index (χ0v) is 44.6. The lowest BCUT2D eigenvalue weighted by molar-refractivity contribution is -0.161. The largest absolute Gasteiger partial charge is 0.472 e. The fourth-order valence-electron chi connectivity index (χ4n) is 7.14. The second-order valence-corrected chi connectivity index (χ2v) is 19.2. The molecule has 0 amide bonds. The van der Waals surface area contributed by atoms with Gasteiger partial charge in [-0.1, -0.05) is 226 Å². The zero-order valence-electron chi connectivity index (χ0n) is 43.8. The Hall–Kier alpha value is -3.33. The molecule has 3 N–H and O–H groups in total. The zero-order chi connectivity index (χ0) is 50.2. The van der Waals surface area contributed by atoms with Gasteiger partial charge in [-0.2, -0.15) is 0 Å². The number of nitrogens with two attached hydrogens (primary N) is 1. The average Bonchev–Trinajstić information content (AvgIpc) is 3.34. The van der Waals surface area contributed by atoms with Crippen molar-refractivity contribution in [1.29, 1.82) is 0 Å². The van der Waals surface area contributed by atoms with Gasteiger partial charge in [-0.05, 0) is 89.9 Å². The molecule has 0 saturated carbocycles. The van der Waals surface area contributed by atoms with E-state index in [9.17, 15) is 19.0 Å². The van der Waals surface area contributed by atoms with Crippen molar-refractivity contribution in [3.05, 3.63) is 109 Å². The molecule has 0 aliphatic carbocycles. The highest BCUT2D eigenvalue weighted by molar-refractivity contribution is 7.47. The van der Waals surface area contributed by atoms with E-state index >= 15 is 0 Å². The maximum atomic E-state index is 12.6. The molecular formula is C59H100NO8P. The van der Waals surface area contributed by atoms with E-state index in [-0.39, 0.29) is 32.6 Å². The van der Waals surface area contributed by atoms with E-state index in [1.165, 1.54) is 109 Å². The van der Waals surface area contributed by atoms with Crippen LogP contribution in [0.1, 0.15) is 219 Å². The third-order valence-electron chi connectivity index (χ3n) is 11.2. The molecule has 2 atom stereocenters. The van der Waals surface area contributed by atoms with Crippen molar-refractivity contribution in [2.45, 2.75) is 225 Å². The molecule has 0 aromatic heterocycles. The summed E-state index contributed by atoms with van der Waals surface area (Å²) in [5.41, 5.74) is 5.37. The first-order valence-electron chi connectivity index (χ1n) is 27.4. The lowest BCUT2D eigenvalue weighted by Crippen LogP contribution is -2.29. The summed E-state index contributed by atoms with van der Waals surface area (Å²) in [5, 5.41) is 0. The van der Waals surface area contributed by atoms with Gasteiger partial charge in [0.25, 0.3) is 0 Å². The summed E-state index contributed by atoms with van der Waals surface area (Å²) < 4.78 is 32.9. The lowest BCUT2D eigenvalue weighted by Gasteiger charge is -2.19. The van der Waals surface area contributed by atoms with E-state index in [4.69, 9.17) is 24.3 Å². The minimum Gasteiger partial charge on any atom is -0.462 e. The highest BCUT2D eigenvalue weighted by Crippen LogP contribution is 2.43. The molecule has 0 aliphatic heterocycles. The van der Waals surface area contributed by atoms with Gasteiger partial charge in [0, 0.05) is 19.4 Å². The second-order valence-electron chi connectivity index (χ2n) is 17.7. The first-order chi connectivity index (χ1) is 33.8. The van der Waals surface area contributed by atoms with Gasteiger partial charge >= 0.3 is 19.8 Å². The van der Waals surface area contributed by atoms with E-state index in [1.54, 1.807) is 0 Å². The second kappa shape index (κ2) is 54.0. The summed E-state index contributed by atoms with van der Waals surface area (Å²) in [7, 11) is -4.41. The number of unbranched alkanes of at least 4 members (excludes halogenated alkanes) is 19. The van der Waals surface area contributed by atoms with E-state index in [0.29, 0.717) is 6.42 Å². The van der Waals surface area contributed by atoms with Gasteiger partial charge in [0.1, 0.15) is 6.61 Å². The molecule has 69 heavy (non-hydrogen) atoms. The molecular weight excluding hydrogens is 882 g/mol. The number of carbonyl (C=O) groups is 2. The van der Waals surface area contributed by atoms with Crippen LogP contribution in [0.2, 0.25) is 0 Å². The topological polar surface area (TPSA) is 134 Å². The molecule has 0 radical (unpaired) electrons. The fraction of sp³-hybridized carbons (Fsp3) is 0.661. The van der Waals surface area contributed by atoms with Crippen molar-refractivity contribution in [2.75, 3.05) is 26.4 Å². The first kappa shape index (κ1) is 65.7. The average molecular weight is 982 g/mol. The molecule has 0 bridgehead atoms. The molecule has 0 spiro atoms. The van der Waals surface area contributed by atoms with Crippen LogP contribution in [0.15, 0.2) is 109 Å². The van der Waals surface area contributed by atoms with Crippen LogP contribution in [0.5, 0.6) is 0 Å². The standard InChI is InChI=1S/C59H100NO8P/c1-3-5-7-9-11-13-15-17-19-21-23-24-25-26-27-28-29-30-31-32-34-35-37-39-41-43-45-47-49-51-58(61)65-55-57(56-67-69(63,64)66-54-53-60)68-59(62)52-50-48-46-44-42-40-38-36-33-22-20-18-16-14-12-10-8-6-4-2/h6,8,12,14-15,17-18,20-21,23,25-26,33,36,40,42,46,48,57H,3-5,7,9-11,13,16,19,22,24,27-32,34-35,37-39,41,43-45,47,49-56,60H2,1-2H3,(H,63,64)/b8-6-,14-12-,17-15-,20-18-,23-21-,26-25-,36-33-,42-40-,48-46-. The smallest absolute Gasteiger partial charge is 0.462 e. The van der Waals surface area contributed by atoms with Crippen molar-refractivity contribution in [3.8, 4) is 0 Å². The summed E-state index contributed by atoms with van der Waals surface area (Å²) in [4.78, 5) is 35.1. The molecule has 0 aliphatic rings. The molecule has 394 valence electrons. The van der Waals surface area contributed by atoms with Crippen molar-refractivity contribution < 1.29 is 37.6 Å². The van der Waals surface area contributed by atoms with Crippen LogP contribution < -0.4 is 5.73 Å². The molecule has 0 aromatic rings. The van der Waals surface area contributed by atoms with Gasteiger partial charge in [0.2, 0.25) is 0 Å². The van der Waals surface area contributed by atoms with E-state index < -0.39 is 32.5 Å². The van der Waals surface area contributed by atoms with Gasteiger partial charge in [0.05, 0.1) is 13.2 Å². The summed E-state index contributed by atoms with van der Waals surface area (Å²) in [5.74, 6) is -0.931. The number of phosphoric ester groups is 1. The summed E-state index contributed by atoms with van der Waals surface area (Å²) in [6.45, 7) is 3.52. The molecule has 10 heteroatoms. The lowest BCUT2D eigenvalue weighted by atomic mass is 10.0. The Morgan fingerprint density at radius 3 is 1.25 bits per heavy atom. The van der Waals surface area contributed by atoms with Crippen LogP contribution in [0, 0.1) is 0 Å². The van der Waals surface area contributed by atoms with Crippen LogP contribution in [-0.4, -0.2) is 49.3 Å². The normalized spacial score (nSPS) is 14.0. The highest BCUT2D eigenvalue weighted by atomic mass is 31.2. The molecule has 0 fully saturated rings. The Kier molecular flexibility index (Phi) is 51.4. The molecule has 2 unspecified atom stereocenters. The Bertz CT molecular complexity index is 1490. The Morgan fingerprint density at radius 2 is 0.826 bits per heavy atom. The quantitative estimate of drug-likeness (QED) is 0.0264. The Balaban J connectivity index is 4.07. The monoisotopic (exact) mass is 982 g/mol. The van der Waals surface area contributed by atoms with Gasteiger partial charge in [-0.3, -0.25) is 18.6 Å². The van der Waals surface area contributed by atoms with Crippen LogP contribution in [-0.2, 0) is 32.7 Å². The van der Waals surface area contributed by atoms with Gasteiger partial charge in [-0.25, -0.2) is 4.57 Å². The number of carbonyl (C=O) groups excluding carboxylic acids is 2. The fourth-order valence-corrected chi connectivity index (χ4v) is 7.90. The number of phosphoric acid groups is 1. The SMILES string of the molecule is CC/C=C\C/C=C\C/C=C\C/C=C\C/C=C\C/C=C\CCC(=O)OC(COC(=O)CCCCCCCCCCCCCCCC/C=C\C/C=C\C/C=C\CCCCCCC)COP(=O)(O)OCCN. The molecule has 0 aromatic carbocycles. The maximum absolute atomic E-state index is 12.6. The number of hydrogen-bond donors (Lipinski definition) is 2. The third-order valence-corrected chi connectivity index (χ3v) is 12.1.